The zero-order valence-electron chi connectivity index (χ0n) is 12.6. The first-order valence-electron chi connectivity index (χ1n) is 6.85. The Kier molecular flexibility index (Phi) is 4.20. The van der Waals surface area contributed by atoms with Crippen molar-refractivity contribution in [2.24, 2.45) is 4.99 Å². The van der Waals surface area contributed by atoms with E-state index in [9.17, 15) is 4.39 Å². The van der Waals surface area contributed by atoms with Gasteiger partial charge in [0.05, 0.1) is 19.2 Å². The number of aromatic nitrogens is 4. The molecule has 0 N–H and O–H groups in total. The minimum absolute atomic E-state index is 0.232. The Balaban J connectivity index is 2.02. The highest BCUT2D eigenvalue weighted by Crippen LogP contribution is 2.24. The largest absolute Gasteiger partial charge is 0.369 e. The van der Waals surface area contributed by atoms with Gasteiger partial charge in [-0.25, -0.2) is 24.3 Å². The van der Waals surface area contributed by atoms with Crippen LogP contribution < -0.4 is 0 Å². The van der Waals surface area contributed by atoms with Gasteiger partial charge in [-0.05, 0) is 12.1 Å². The monoisotopic (exact) mass is 332 g/mol. The third kappa shape index (κ3) is 3.14. The van der Waals surface area contributed by atoms with E-state index in [0.29, 0.717) is 27.6 Å². The Hall–Kier alpha value is -2.54. The van der Waals surface area contributed by atoms with E-state index >= 15 is 0 Å². The molecule has 0 radical (unpaired) electrons. The second-order valence-electron chi connectivity index (χ2n) is 5.15. The summed E-state index contributed by atoms with van der Waals surface area (Å²) in [5.41, 5.74) is 1.52. The molecule has 1 aromatic carbocycles. The van der Waals surface area contributed by atoms with Crippen molar-refractivity contribution in [3.63, 3.8) is 0 Å². The highest BCUT2D eigenvalue weighted by atomic mass is 35.5. The van der Waals surface area contributed by atoms with Crippen molar-refractivity contribution < 1.29 is 4.39 Å². The van der Waals surface area contributed by atoms with Crippen LogP contribution in [0, 0.1) is 5.82 Å². The van der Waals surface area contributed by atoms with E-state index < -0.39 is 0 Å². The molecule has 0 aliphatic rings. The topological polar surface area (TPSA) is 59.2 Å². The van der Waals surface area contributed by atoms with E-state index in [1.165, 1.54) is 12.4 Å². The zero-order valence-corrected chi connectivity index (χ0v) is 13.4. The Morgan fingerprint density at radius 3 is 2.87 bits per heavy atom. The van der Waals surface area contributed by atoms with Crippen molar-refractivity contribution in [2.75, 3.05) is 14.1 Å². The van der Waals surface area contributed by atoms with Gasteiger partial charge < -0.3 is 9.47 Å². The summed E-state index contributed by atoms with van der Waals surface area (Å²) in [6.07, 6.45) is 4.62. The first kappa shape index (κ1) is 15.4. The summed E-state index contributed by atoms with van der Waals surface area (Å²) in [5.74, 6) is 0.0985. The minimum Gasteiger partial charge on any atom is -0.369 e. The molecule has 0 fully saturated rings. The highest BCUT2D eigenvalue weighted by molar-refractivity contribution is 6.31. The molecule has 3 rings (SSSR count). The number of hydrogen-bond acceptors (Lipinski definition) is 4. The summed E-state index contributed by atoms with van der Waals surface area (Å²) in [6.45, 7) is 0.232. The number of imidazole rings is 1. The van der Waals surface area contributed by atoms with E-state index in [0.717, 1.165) is 0 Å². The van der Waals surface area contributed by atoms with Crippen molar-refractivity contribution >= 4 is 34.9 Å². The van der Waals surface area contributed by atoms with Gasteiger partial charge in [0.1, 0.15) is 12.1 Å². The molecule has 0 aliphatic heterocycles. The van der Waals surface area contributed by atoms with Gasteiger partial charge in [0, 0.05) is 24.7 Å². The third-order valence-corrected chi connectivity index (χ3v) is 3.54. The quantitative estimate of drug-likeness (QED) is 0.544. The summed E-state index contributed by atoms with van der Waals surface area (Å²) in [5, 5.41) is 0.367. The van der Waals surface area contributed by atoms with E-state index in [1.54, 1.807) is 34.3 Å². The fourth-order valence-electron chi connectivity index (χ4n) is 2.10. The molecule has 0 unspecified atom stereocenters. The van der Waals surface area contributed by atoms with Crippen molar-refractivity contribution in [1.29, 1.82) is 0 Å². The van der Waals surface area contributed by atoms with Gasteiger partial charge in [-0.2, -0.15) is 0 Å². The predicted octanol–water partition coefficient (Wildman–Crippen LogP) is 2.89. The predicted molar refractivity (Wildman–Crippen MR) is 87.7 cm³/mol. The van der Waals surface area contributed by atoms with E-state index in [4.69, 9.17) is 11.6 Å². The molecule has 23 heavy (non-hydrogen) atoms. The molecular formula is C15H14ClFN6. The lowest BCUT2D eigenvalue weighted by molar-refractivity contribution is 0.601. The smallest absolute Gasteiger partial charge is 0.184 e. The van der Waals surface area contributed by atoms with E-state index in [1.807, 2.05) is 14.1 Å². The number of benzene rings is 1. The lowest BCUT2D eigenvalue weighted by atomic mass is 10.2. The van der Waals surface area contributed by atoms with Gasteiger partial charge in [0.25, 0.3) is 0 Å². The molecule has 118 valence electrons. The Labute approximate surface area is 137 Å². The maximum Gasteiger partial charge on any atom is 0.184 e. The molecule has 2 aromatic heterocycles. The van der Waals surface area contributed by atoms with E-state index in [2.05, 4.69) is 19.9 Å². The Morgan fingerprint density at radius 2 is 2.13 bits per heavy atom. The van der Waals surface area contributed by atoms with Crippen LogP contribution in [0.4, 0.5) is 10.2 Å². The average Bonchev–Trinajstić information content (AvgIpc) is 2.92. The maximum absolute atomic E-state index is 14.0. The molecule has 0 amide bonds. The lowest BCUT2D eigenvalue weighted by Crippen LogP contribution is -2.07. The second kappa shape index (κ2) is 6.29. The molecule has 0 atom stereocenters. The molecule has 3 aromatic rings. The fraction of sp³-hybridized carbons (Fsp3) is 0.200. The molecular weight excluding hydrogens is 319 g/mol. The first-order valence-corrected chi connectivity index (χ1v) is 7.23. The summed E-state index contributed by atoms with van der Waals surface area (Å²) >= 11 is 6.08. The summed E-state index contributed by atoms with van der Waals surface area (Å²) in [7, 11) is 3.72. The summed E-state index contributed by atoms with van der Waals surface area (Å²) < 4.78 is 15.7. The molecule has 0 aliphatic carbocycles. The number of rotatable bonds is 4. The first-order chi connectivity index (χ1) is 11.1. The molecule has 8 heteroatoms. The lowest BCUT2D eigenvalue weighted by Gasteiger charge is -2.07. The van der Waals surface area contributed by atoms with Crippen molar-refractivity contribution in [3.8, 4) is 0 Å². The van der Waals surface area contributed by atoms with Crippen LogP contribution in [0.25, 0.3) is 11.2 Å². The normalized spacial score (nSPS) is 11.5. The number of hydrogen-bond donors (Lipinski definition) is 0. The molecule has 0 saturated carbocycles. The van der Waals surface area contributed by atoms with Crippen molar-refractivity contribution in [3.05, 3.63) is 47.3 Å². The van der Waals surface area contributed by atoms with Crippen LogP contribution >= 0.6 is 11.6 Å². The van der Waals surface area contributed by atoms with Crippen LogP contribution in [-0.4, -0.2) is 44.9 Å². The number of aliphatic imine (C=N–C) groups is 1. The van der Waals surface area contributed by atoms with Crippen molar-refractivity contribution in [1.82, 2.24) is 24.4 Å². The highest BCUT2D eigenvalue weighted by Gasteiger charge is 2.13. The molecule has 0 spiro atoms. The number of nitrogens with zero attached hydrogens (tertiary/aromatic N) is 6. The SMILES string of the molecule is CN(C)C=Nc1ncnc2c1ncn2Cc1c(F)cccc1Cl. The van der Waals surface area contributed by atoms with Crippen LogP contribution in [0.1, 0.15) is 5.56 Å². The van der Waals surface area contributed by atoms with Gasteiger partial charge in [0.15, 0.2) is 17.0 Å². The fourth-order valence-corrected chi connectivity index (χ4v) is 2.33. The maximum atomic E-state index is 14.0. The zero-order chi connectivity index (χ0) is 16.4. The van der Waals surface area contributed by atoms with Gasteiger partial charge >= 0.3 is 0 Å². The number of fused-ring (bicyclic) bond motifs is 1. The minimum atomic E-state index is -0.362. The van der Waals surface area contributed by atoms with Gasteiger partial charge in [-0.3, -0.25) is 0 Å². The Morgan fingerprint density at radius 1 is 1.30 bits per heavy atom. The third-order valence-electron chi connectivity index (χ3n) is 3.18. The van der Waals surface area contributed by atoms with E-state index in [-0.39, 0.29) is 12.4 Å². The van der Waals surface area contributed by atoms with Crippen molar-refractivity contribution in [2.45, 2.75) is 6.54 Å². The van der Waals surface area contributed by atoms with Crippen LogP contribution in [-0.2, 0) is 6.54 Å². The second-order valence-corrected chi connectivity index (χ2v) is 5.56. The molecule has 0 bridgehead atoms. The molecule has 0 saturated heterocycles. The average molecular weight is 333 g/mol. The Bertz CT molecular complexity index is 853. The van der Waals surface area contributed by atoms with Crippen LogP contribution in [0.3, 0.4) is 0 Å². The van der Waals surface area contributed by atoms with Crippen LogP contribution in [0.2, 0.25) is 5.02 Å². The van der Waals surface area contributed by atoms with Gasteiger partial charge in [-0.15, -0.1) is 0 Å². The molecule has 2 heterocycles. The van der Waals surface area contributed by atoms with Gasteiger partial charge in [-0.1, -0.05) is 17.7 Å². The molecule has 6 nitrogen and oxygen atoms in total. The van der Waals surface area contributed by atoms with Crippen LogP contribution in [0.5, 0.6) is 0 Å². The van der Waals surface area contributed by atoms with Gasteiger partial charge in [0.2, 0.25) is 0 Å². The summed E-state index contributed by atoms with van der Waals surface area (Å²) in [4.78, 5) is 18.7. The standard InChI is InChI=1S/C15H14ClFN6/c1-22(2)8-21-14-13-15(19-7-18-14)23(9-20-13)6-10-11(16)4-3-5-12(10)17/h3-5,7-9H,6H2,1-2H3. The summed E-state index contributed by atoms with van der Waals surface area (Å²) in [6, 6.07) is 4.60. The number of halogens is 2. The van der Waals surface area contributed by atoms with Crippen LogP contribution in [0.15, 0.2) is 35.8 Å².